The van der Waals surface area contributed by atoms with Crippen LogP contribution in [-0.2, 0) is 12.8 Å². The minimum absolute atomic E-state index is 0.568. The fourth-order valence-electron chi connectivity index (χ4n) is 2.05. The Morgan fingerprint density at radius 3 is 3.07 bits per heavy atom. The van der Waals surface area contributed by atoms with Crippen molar-refractivity contribution in [3.05, 3.63) is 42.0 Å². The molecule has 0 spiro atoms. The van der Waals surface area contributed by atoms with E-state index in [9.17, 15) is 4.79 Å². The number of amides is 1. The van der Waals surface area contributed by atoms with Gasteiger partial charge in [0.25, 0.3) is 0 Å². The zero-order valence-electron chi connectivity index (χ0n) is 8.44. The maximum Gasteiger partial charge on any atom is 0.411 e. The van der Waals surface area contributed by atoms with E-state index in [2.05, 4.69) is 6.58 Å². The Bertz CT molecular complexity index is 412. The number of para-hydroxylation sites is 1. The normalized spacial score (nSPS) is 13.7. The summed E-state index contributed by atoms with van der Waals surface area (Å²) in [7, 11) is 0. The fraction of sp³-hybridized carbons (Fsp3) is 0.250. The predicted molar refractivity (Wildman–Crippen MR) is 59.4 cm³/mol. The molecule has 3 nitrogen and oxygen atoms in total. The van der Waals surface area contributed by atoms with Gasteiger partial charge in [-0.25, -0.2) is 4.79 Å². The van der Waals surface area contributed by atoms with E-state index >= 15 is 0 Å². The van der Waals surface area contributed by atoms with Gasteiger partial charge in [-0.15, -0.1) is 6.58 Å². The van der Waals surface area contributed by atoms with Gasteiger partial charge in [-0.2, -0.15) is 0 Å². The van der Waals surface area contributed by atoms with E-state index in [1.54, 1.807) is 6.08 Å². The van der Waals surface area contributed by atoms with Gasteiger partial charge in [0.15, 0.2) is 0 Å². The average molecular weight is 203 g/mol. The minimum atomic E-state index is -0.870. The van der Waals surface area contributed by atoms with Gasteiger partial charge in [0.05, 0.1) is 5.69 Å². The number of carboxylic acid groups (broad SMARTS) is 1. The second kappa shape index (κ2) is 3.77. The molecule has 0 bridgehead atoms. The van der Waals surface area contributed by atoms with Crippen molar-refractivity contribution >= 4 is 11.8 Å². The van der Waals surface area contributed by atoms with Crippen LogP contribution in [0.4, 0.5) is 10.5 Å². The lowest BCUT2D eigenvalue weighted by atomic mass is 10.0. The molecule has 1 aliphatic rings. The first-order valence-corrected chi connectivity index (χ1v) is 4.96. The summed E-state index contributed by atoms with van der Waals surface area (Å²) in [5.74, 6) is 0. The quantitative estimate of drug-likeness (QED) is 0.750. The molecule has 0 fully saturated rings. The molecule has 1 aromatic carbocycles. The van der Waals surface area contributed by atoms with E-state index in [-0.39, 0.29) is 0 Å². The number of rotatable bonds is 2. The van der Waals surface area contributed by atoms with Crippen molar-refractivity contribution in [2.75, 3.05) is 11.4 Å². The van der Waals surface area contributed by atoms with E-state index in [4.69, 9.17) is 5.11 Å². The molecule has 1 N–H and O–H groups in total. The first-order valence-electron chi connectivity index (χ1n) is 4.96. The first-order chi connectivity index (χ1) is 7.24. The van der Waals surface area contributed by atoms with Gasteiger partial charge in [-0.3, -0.25) is 4.90 Å². The van der Waals surface area contributed by atoms with E-state index < -0.39 is 6.09 Å². The molecule has 1 heterocycles. The number of allylic oxidation sites excluding steroid dienone is 1. The van der Waals surface area contributed by atoms with Crippen molar-refractivity contribution in [1.82, 2.24) is 0 Å². The summed E-state index contributed by atoms with van der Waals surface area (Å²) in [6.07, 6.45) is 2.46. The van der Waals surface area contributed by atoms with E-state index in [1.807, 2.05) is 18.2 Å². The number of hydrogen-bond donors (Lipinski definition) is 1. The zero-order valence-corrected chi connectivity index (χ0v) is 8.44. The molecule has 1 amide bonds. The van der Waals surface area contributed by atoms with Gasteiger partial charge >= 0.3 is 6.09 Å². The molecule has 78 valence electrons. The summed E-state index contributed by atoms with van der Waals surface area (Å²) in [5.41, 5.74) is 3.03. The lowest BCUT2D eigenvalue weighted by Gasteiger charge is -2.16. The van der Waals surface area contributed by atoms with Crippen LogP contribution in [0.25, 0.3) is 0 Å². The van der Waals surface area contributed by atoms with Gasteiger partial charge in [0.1, 0.15) is 0 Å². The minimum Gasteiger partial charge on any atom is -0.465 e. The molecule has 0 aliphatic carbocycles. The summed E-state index contributed by atoms with van der Waals surface area (Å²) >= 11 is 0. The summed E-state index contributed by atoms with van der Waals surface area (Å²) in [6, 6.07) is 5.93. The molecular weight excluding hydrogens is 190 g/mol. The molecule has 0 unspecified atom stereocenters. The maximum absolute atomic E-state index is 11.0. The van der Waals surface area contributed by atoms with Gasteiger partial charge in [-0.05, 0) is 24.0 Å². The Balaban J connectivity index is 2.47. The Kier molecular flexibility index (Phi) is 2.46. The number of nitrogens with zero attached hydrogens (tertiary/aromatic N) is 1. The number of benzene rings is 1. The van der Waals surface area contributed by atoms with Crippen LogP contribution in [-0.4, -0.2) is 17.7 Å². The molecule has 2 rings (SSSR count). The molecule has 1 aromatic rings. The van der Waals surface area contributed by atoms with Crippen LogP contribution < -0.4 is 4.90 Å². The average Bonchev–Trinajstić information content (AvgIpc) is 2.62. The smallest absolute Gasteiger partial charge is 0.411 e. The standard InChI is InChI=1S/C12H13NO2/c1-2-4-9-5-3-6-10-7-8-13(11(9)10)12(14)15/h2-3,5-6H,1,4,7-8H2,(H,14,15). The SMILES string of the molecule is C=CCc1cccc2c1N(C(=O)O)CC2. The lowest BCUT2D eigenvalue weighted by molar-refractivity contribution is 0.202. The maximum atomic E-state index is 11.0. The predicted octanol–water partition coefficient (Wildman–Crippen LogP) is 2.46. The highest BCUT2D eigenvalue weighted by Gasteiger charge is 2.25. The molecule has 0 radical (unpaired) electrons. The van der Waals surface area contributed by atoms with Crippen molar-refractivity contribution in [3.8, 4) is 0 Å². The summed E-state index contributed by atoms with van der Waals surface area (Å²) in [4.78, 5) is 12.4. The van der Waals surface area contributed by atoms with Crippen LogP contribution in [0.15, 0.2) is 30.9 Å². The highest BCUT2D eigenvalue weighted by atomic mass is 16.4. The Hall–Kier alpha value is -1.77. The Labute approximate surface area is 88.6 Å². The Morgan fingerprint density at radius 2 is 2.40 bits per heavy atom. The van der Waals surface area contributed by atoms with Crippen molar-refractivity contribution in [2.24, 2.45) is 0 Å². The molecule has 0 saturated heterocycles. The topological polar surface area (TPSA) is 40.5 Å². The number of fused-ring (bicyclic) bond motifs is 1. The highest BCUT2D eigenvalue weighted by Crippen LogP contribution is 2.32. The molecule has 3 heteroatoms. The summed E-state index contributed by atoms with van der Waals surface area (Å²) < 4.78 is 0. The number of hydrogen-bond acceptors (Lipinski definition) is 1. The first kappa shape index (κ1) is 9.77. The van der Waals surface area contributed by atoms with Gasteiger partial charge < -0.3 is 5.11 Å². The van der Waals surface area contributed by atoms with E-state index in [0.717, 1.165) is 23.2 Å². The molecule has 15 heavy (non-hydrogen) atoms. The molecular formula is C12H13NO2. The second-order valence-corrected chi connectivity index (χ2v) is 3.60. The third kappa shape index (κ3) is 1.61. The van der Waals surface area contributed by atoms with Gasteiger partial charge in [-0.1, -0.05) is 24.3 Å². The molecule has 1 aliphatic heterocycles. The van der Waals surface area contributed by atoms with Gasteiger partial charge in [0, 0.05) is 6.54 Å². The summed E-state index contributed by atoms with van der Waals surface area (Å²) in [6.45, 7) is 4.25. The van der Waals surface area contributed by atoms with Crippen molar-refractivity contribution in [1.29, 1.82) is 0 Å². The third-order valence-electron chi connectivity index (χ3n) is 2.67. The van der Waals surface area contributed by atoms with Crippen LogP contribution in [0.5, 0.6) is 0 Å². The van der Waals surface area contributed by atoms with Crippen molar-refractivity contribution in [3.63, 3.8) is 0 Å². The van der Waals surface area contributed by atoms with Crippen LogP contribution in [0.1, 0.15) is 11.1 Å². The largest absolute Gasteiger partial charge is 0.465 e. The molecule has 0 atom stereocenters. The number of anilines is 1. The lowest BCUT2D eigenvalue weighted by Crippen LogP contribution is -2.27. The molecule has 0 aromatic heterocycles. The third-order valence-corrected chi connectivity index (χ3v) is 2.67. The summed E-state index contributed by atoms with van der Waals surface area (Å²) in [5, 5.41) is 9.05. The zero-order chi connectivity index (χ0) is 10.8. The van der Waals surface area contributed by atoms with Crippen LogP contribution in [0.3, 0.4) is 0 Å². The van der Waals surface area contributed by atoms with Crippen LogP contribution in [0.2, 0.25) is 0 Å². The van der Waals surface area contributed by atoms with Crippen molar-refractivity contribution in [2.45, 2.75) is 12.8 Å². The second-order valence-electron chi connectivity index (χ2n) is 3.60. The van der Waals surface area contributed by atoms with Crippen molar-refractivity contribution < 1.29 is 9.90 Å². The van der Waals surface area contributed by atoms with E-state index in [0.29, 0.717) is 13.0 Å². The van der Waals surface area contributed by atoms with Crippen LogP contribution in [0, 0.1) is 0 Å². The Morgan fingerprint density at radius 1 is 1.60 bits per heavy atom. The monoisotopic (exact) mass is 203 g/mol. The fourth-order valence-corrected chi connectivity index (χ4v) is 2.05. The highest BCUT2D eigenvalue weighted by molar-refractivity contribution is 5.90. The van der Waals surface area contributed by atoms with Crippen LogP contribution >= 0.6 is 0 Å². The number of carbonyl (C=O) groups is 1. The van der Waals surface area contributed by atoms with E-state index in [1.165, 1.54) is 4.90 Å². The van der Waals surface area contributed by atoms with Gasteiger partial charge in [0.2, 0.25) is 0 Å². The molecule has 0 saturated carbocycles.